The van der Waals surface area contributed by atoms with Gasteiger partial charge in [-0.3, -0.25) is 9.69 Å². The van der Waals surface area contributed by atoms with Crippen LogP contribution in [0.5, 0.6) is 0 Å². The maximum atomic E-state index is 13.1. The van der Waals surface area contributed by atoms with Gasteiger partial charge < -0.3 is 24.5 Å². The molecule has 0 radical (unpaired) electrons. The fraction of sp³-hybridized carbons (Fsp3) is 0.619. The molecule has 4 heterocycles. The van der Waals surface area contributed by atoms with Crippen LogP contribution in [-0.4, -0.2) is 88.8 Å². The molecule has 8 nitrogen and oxygen atoms in total. The molecule has 2 aromatic heterocycles. The third-order valence-electron chi connectivity index (χ3n) is 5.96. The summed E-state index contributed by atoms with van der Waals surface area (Å²) in [6.07, 6.45) is 5.43. The molecule has 0 bridgehead atoms. The number of morpholine rings is 1. The van der Waals surface area contributed by atoms with Crippen LogP contribution in [0, 0.1) is 0 Å². The second-order valence-corrected chi connectivity index (χ2v) is 7.79. The Morgan fingerprint density at radius 2 is 2.10 bits per heavy atom. The lowest BCUT2D eigenvalue weighted by Crippen LogP contribution is -2.45. The lowest BCUT2D eigenvalue weighted by Gasteiger charge is -2.34. The molecule has 1 amide bonds. The number of aliphatic hydroxyl groups excluding tert-OH is 1. The van der Waals surface area contributed by atoms with Crippen molar-refractivity contribution in [2.45, 2.75) is 31.8 Å². The fourth-order valence-corrected chi connectivity index (χ4v) is 4.29. The molecular formula is C21H31N5O3. The quantitative estimate of drug-likeness (QED) is 0.666. The minimum absolute atomic E-state index is 0.0230. The number of carbonyl (C=O) groups is 1. The van der Waals surface area contributed by atoms with E-state index in [0.717, 1.165) is 37.4 Å². The van der Waals surface area contributed by atoms with E-state index in [4.69, 9.17) is 4.74 Å². The van der Waals surface area contributed by atoms with Crippen LogP contribution in [0.3, 0.4) is 0 Å². The van der Waals surface area contributed by atoms with Gasteiger partial charge in [0, 0.05) is 45.0 Å². The smallest absolute Gasteiger partial charge is 0.274 e. The van der Waals surface area contributed by atoms with Crippen molar-refractivity contribution >= 4 is 11.6 Å². The first-order valence-corrected chi connectivity index (χ1v) is 10.7. The van der Waals surface area contributed by atoms with Crippen LogP contribution in [0.25, 0.3) is 5.65 Å². The zero-order valence-corrected chi connectivity index (χ0v) is 16.9. The Morgan fingerprint density at radius 3 is 2.93 bits per heavy atom. The fourth-order valence-electron chi connectivity index (χ4n) is 4.29. The number of nitrogens with one attached hydrogen (secondary N) is 1. The summed E-state index contributed by atoms with van der Waals surface area (Å²) >= 11 is 0. The van der Waals surface area contributed by atoms with Gasteiger partial charge in [0.2, 0.25) is 0 Å². The molecule has 0 spiro atoms. The number of piperidine rings is 1. The summed E-state index contributed by atoms with van der Waals surface area (Å²) in [6, 6.07) is 6.10. The standard InChI is InChI=1S/C21H31N5O3/c27-16-17-5-1-3-8-24(17)10-7-22-15-18-20(21(28)25-11-13-29-14-12-25)23-19-6-2-4-9-26(18)19/h2,4,6,9,17,22,27H,1,3,5,7-8,10-16H2. The number of amides is 1. The molecule has 158 valence electrons. The zero-order chi connectivity index (χ0) is 20.1. The van der Waals surface area contributed by atoms with Crippen molar-refractivity contribution in [2.24, 2.45) is 0 Å². The highest BCUT2D eigenvalue weighted by molar-refractivity contribution is 5.94. The van der Waals surface area contributed by atoms with Crippen molar-refractivity contribution in [2.75, 3.05) is 52.5 Å². The van der Waals surface area contributed by atoms with Gasteiger partial charge in [0.15, 0.2) is 5.69 Å². The lowest BCUT2D eigenvalue weighted by atomic mass is 10.0. The summed E-state index contributed by atoms with van der Waals surface area (Å²) in [5, 5.41) is 13.1. The Bertz CT molecular complexity index is 818. The van der Waals surface area contributed by atoms with Crippen molar-refractivity contribution in [3.8, 4) is 0 Å². The Kier molecular flexibility index (Phi) is 6.76. The summed E-state index contributed by atoms with van der Waals surface area (Å²) in [4.78, 5) is 21.9. The number of aliphatic hydroxyl groups is 1. The van der Waals surface area contributed by atoms with E-state index in [1.807, 2.05) is 33.7 Å². The first-order chi connectivity index (χ1) is 14.3. The van der Waals surface area contributed by atoms with Crippen molar-refractivity contribution in [3.05, 3.63) is 35.8 Å². The lowest BCUT2D eigenvalue weighted by molar-refractivity contribution is 0.0298. The zero-order valence-electron chi connectivity index (χ0n) is 16.9. The molecule has 8 heteroatoms. The average Bonchev–Trinajstić information content (AvgIpc) is 3.15. The van der Waals surface area contributed by atoms with Gasteiger partial charge in [-0.1, -0.05) is 12.5 Å². The Labute approximate surface area is 171 Å². The summed E-state index contributed by atoms with van der Waals surface area (Å²) in [7, 11) is 0. The van der Waals surface area contributed by atoms with Crippen LogP contribution in [0.1, 0.15) is 35.4 Å². The molecule has 2 aliphatic heterocycles. The average molecular weight is 402 g/mol. The summed E-state index contributed by atoms with van der Waals surface area (Å²) in [6.45, 7) is 5.93. The highest BCUT2D eigenvalue weighted by Gasteiger charge is 2.25. The largest absolute Gasteiger partial charge is 0.395 e. The third-order valence-corrected chi connectivity index (χ3v) is 5.96. The SMILES string of the molecule is O=C(c1nc2ccccn2c1CNCCN1CCCCC1CO)N1CCOCC1. The van der Waals surface area contributed by atoms with E-state index in [0.29, 0.717) is 38.5 Å². The minimum Gasteiger partial charge on any atom is -0.395 e. The Hall–Kier alpha value is -2.00. The van der Waals surface area contributed by atoms with Crippen LogP contribution in [-0.2, 0) is 11.3 Å². The number of imidazole rings is 1. The number of hydrogen-bond donors (Lipinski definition) is 2. The normalized spacial score (nSPS) is 21.0. The van der Waals surface area contributed by atoms with Crippen LogP contribution in [0.4, 0.5) is 0 Å². The van der Waals surface area contributed by atoms with Crippen molar-refractivity contribution in [3.63, 3.8) is 0 Å². The first-order valence-electron chi connectivity index (χ1n) is 10.7. The predicted molar refractivity (Wildman–Crippen MR) is 110 cm³/mol. The molecule has 1 atom stereocenters. The van der Waals surface area contributed by atoms with E-state index in [1.165, 1.54) is 12.8 Å². The van der Waals surface area contributed by atoms with Gasteiger partial charge in [-0.15, -0.1) is 0 Å². The predicted octanol–water partition coefficient (Wildman–Crippen LogP) is 0.743. The molecule has 2 aromatic rings. The Morgan fingerprint density at radius 1 is 1.24 bits per heavy atom. The third kappa shape index (κ3) is 4.61. The number of rotatable bonds is 7. The van der Waals surface area contributed by atoms with Crippen molar-refractivity contribution in [1.29, 1.82) is 0 Å². The minimum atomic E-state index is -0.0230. The highest BCUT2D eigenvalue weighted by Crippen LogP contribution is 2.17. The van der Waals surface area contributed by atoms with Crippen molar-refractivity contribution in [1.82, 2.24) is 24.5 Å². The van der Waals surface area contributed by atoms with E-state index in [2.05, 4.69) is 15.2 Å². The van der Waals surface area contributed by atoms with E-state index < -0.39 is 0 Å². The summed E-state index contributed by atoms with van der Waals surface area (Å²) in [5.74, 6) is -0.0230. The van der Waals surface area contributed by atoms with Gasteiger partial charge in [-0.05, 0) is 31.5 Å². The second kappa shape index (κ2) is 9.67. The first kappa shape index (κ1) is 20.3. The highest BCUT2D eigenvalue weighted by atomic mass is 16.5. The van der Waals surface area contributed by atoms with E-state index in [1.54, 1.807) is 0 Å². The molecule has 2 fully saturated rings. The van der Waals surface area contributed by atoms with Crippen LogP contribution in [0.15, 0.2) is 24.4 Å². The molecule has 2 N–H and O–H groups in total. The van der Waals surface area contributed by atoms with Crippen molar-refractivity contribution < 1.29 is 14.6 Å². The molecule has 0 aliphatic carbocycles. The molecule has 29 heavy (non-hydrogen) atoms. The molecule has 2 saturated heterocycles. The van der Waals surface area contributed by atoms with Crippen LogP contribution < -0.4 is 5.32 Å². The summed E-state index contributed by atoms with van der Waals surface area (Å²) in [5.41, 5.74) is 2.21. The molecule has 0 aromatic carbocycles. The molecular weight excluding hydrogens is 370 g/mol. The van der Waals surface area contributed by atoms with Gasteiger partial charge in [-0.2, -0.15) is 0 Å². The molecule has 0 saturated carbocycles. The monoisotopic (exact) mass is 401 g/mol. The van der Waals surface area contributed by atoms with E-state index >= 15 is 0 Å². The number of nitrogens with zero attached hydrogens (tertiary/aromatic N) is 4. The number of fused-ring (bicyclic) bond motifs is 1. The summed E-state index contributed by atoms with van der Waals surface area (Å²) < 4.78 is 7.37. The van der Waals surface area contributed by atoms with Gasteiger partial charge in [0.1, 0.15) is 5.65 Å². The number of ether oxygens (including phenoxy) is 1. The van der Waals surface area contributed by atoms with Gasteiger partial charge in [0.05, 0.1) is 25.5 Å². The van der Waals surface area contributed by atoms with Crippen LogP contribution >= 0.6 is 0 Å². The van der Waals surface area contributed by atoms with Gasteiger partial charge >= 0.3 is 0 Å². The van der Waals surface area contributed by atoms with E-state index in [-0.39, 0.29) is 18.6 Å². The number of aromatic nitrogens is 2. The van der Waals surface area contributed by atoms with Gasteiger partial charge in [0.25, 0.3) is 5.91 Å². The molecule has 1 unspecified atom stereocenters. The number of hydrogen-bond acceptors (Lipinski definition) is 6. The number of likely N-dealkylation sites (tertiary alicyclic amines) is 1. The number of carbonyl (C=O) groups excluding carboxylic acids is 1. The molecule has 4 rings (SSSR count). The van der Waals surface area contributed by atoms with Crippen LogP contribution in [0.2, 0.25) is 0 Å². The van der Waals surface area contributed by atoms with E-state index in [9.17, 15) is 9.90 Å². The van der Waals surface area contributed by atoms with Gasteiger partial charge in [-0.25, -0.2) is 4.98 Å². The maximum absolute atomic E-state index is 13.1. The molecule has 2 aliphatic rings. The topological polar surface area (TPSA) is 82.3 Å². The number of pyridine rings is 1. The maximum Gasteiger partial charge on any atom is 0.274 e. The second-order valence-electron chi connectivity index (χ2n) is 7.79. The Balaban J connectivity index is 1.43.